The number of aryl methyl sites for hydroxylation is 1. The molecule has 2 aromatic carbocycles. The van der Waals surface area contributed by atoms with Gasteiger partial charge in [-0.2, -0.15) is 0 Å². The first kappa shape index (κ1) is 21.9. The van der Waals surface area contributed by atoms with E-state index in [1.165, 1.54) is 43.1 Å². The smallest absolute Gasteiger partial charge is 0.300 e. The molecule has 1 unspecified atom stereocenters. The predicted octanol–water partition coefficient (Wildman–Crippen LogP) is 4.11. The van der Waals surface area contributed by atoms with Crippen molar-refractivity contribution in [3.05, 3.63) is 95.1 Å². The molecule has 1 aliphatic rings. The Bertz CT molecular complexity index is 1290. The number of Topliss-reactive ketones (excluding diaryl/α,β-unsaturated/α-hetero) is 1. The molecule has 2 N–H and O–H groups in total. The first-order valence-electron chi connectivity index (χ1n) is 10.1. The van der Waals surface area contributed by atoms with Gasteiger partial charge in [0.15, 0.2) is 0 Å². The average Bonchev–Trinajstić information content (AvgIpc) is 3.06. The zero-order chi connectivity index (χ0) is 23.7. The lowest BCUT2D eigenvalue weighted by Gasteiger charge is -2.24. The highest BCUT2D eigenvalue weighted by Crippen LogP contribution is 2.41. The molecule has 1 saturated heterocycles. The summed E-state index contributed by atoms with van der Waals surface area (Å²) in [4.78, 5) is 43.0. The highest BCUT2D eigenvalue weighted by molar-refractivity contribution is 6.51. The zero-order valence-corrected chi connectivity index (χ0v) is 17.9. The summed E-state index contributed by atoms with van der Waals surface area (Å²) in [7, 11) is 0. The molecule has 0 aliphatic carbocycles. The second kappa shape index (κ2) is 8.66. The SMILES string of the molecule is CC(=O)Nc1ccc(N2C(=O)C(=O)/C(=C(\O)c3ccc(F)c(C)c3)C2c2ccccn2)cc1. The maximum atomic E-state index is 13.8. The number of pyridine rings is 1. The lowest BCUT2D eigenvalue weighted by atomic mass is 9.97. The molecule has 3 aromatic rings. The van der Waals surface area contributed by atoms with E-state index in [4.69, 9.17) is 0 Å². The van der Waals surface area contributed by atoms with Crippen LogP contribution in [-0.2, 0) is 14.4 Å². The van der Waals surface area contributed by atoms with Crippen LogP contribution < -0.4 is 10.2 Å². The second-order valence-corrected chi connectivity index (χ2v) is 7.62. The number of aliphatic hydroxyl groups excluding tert-OH is 1. The Morgan fingerprint density at radius 3 is 2.42 bits per heavy atom. The summed E-state index contributed by atoms with van der Waals surface area (Å²) in [6.07, 6.45) is 1.53. The first-order chi connectivity index (χ1) is 15.8. The number of ketones is 1. The molecule has 166 valence electrons. The lowest BCUT2D eigenvalue weighted by molar-refractivity contribution is -0.132. The van der Waals surface area contributed by atoms with Crippen molar-refractivity contribution in [2.24, 2.45) is 0 Å². The molecule has 1 aromatic heterocycles. The van der Waals surface area contributed by atoms with Crippen LogP contribution in [0.5, 0.6) is 0 Å². The van der Waals surface area contributed by atoms with Crippen molar-refractivity contribution in [2.75, 3.05) is 10.2 Å². The number of aromatic nitrogens is 1. The monoisotopic (exact) mass is 445 g/mol. The number of aliphatic hydroxyl groups is 1. The molecule has 8 heteroatoms. The summed E-state index contributed by atoms with van der Waals surface area (Å²) in [5.41, 5.74) is 1.65. The quantitative estimate of drug-likeness (QED) is 0.358. The number of amides is 2. The Balaban J connectivity index is 1.87. The number of carbonyl (C=O) groups excluding carboxylic acids is 3. The van der Waals surface area contributed by atoms with Crippen molar-refractivity contribution in [1.82, 2.24) is 4.98 Å². The van der Waals surface area contributed by atoms with E-state index in [0.717, 1.165) is 0 Å². The summed E-state index contributed by atoms with van der Waals surface area (Å²) < 4.78 is 13.8. The molecule has 0 radical (unpaired) electrons. The Kier molecular flexibility index (Phi) is 5.74. The third kappa shape index (κ3) is 4.10. The Morgan fingerprint density at radius 1 is 1.09 bits per heavy atom. The molecular weight excluding hydrogens is 425 g/mol. The van der Waals surface area contributed by atoms with Gasteiger partial charge in [0.2, 0.25) is 5.91 Å². The van der Waals surface area contributed by atoms with E-state index in [9.17, 15) is 23.9 Å². The van der Waals surface area contributed by atoms with E-state index in [1.807, 2.05) is 0 Å². The number of carbonyl (C=O) groups is 3. The van der Waals surface area contributed by atoms with E-state index in [1.54, 1.807) is 42.5 Å². The molecule has 0 saturated carbocycles. The number of anilines is 2. The first-order valence-corrected chi connectivity index (χ1v) is 10.1. The summed E-state index contributed by atoms with van der Waals surface area (Å²) >= 11 is 0. The Morgan fingerprint density at radius 2 is 1.82 bits per heavy atom. The van der Waals surface area contributed by atoms with Crippen LogP contribution >= 0.6 is 0 Å². The van der Waals surface area contributed by atoms with Crippen LogP contribution in [0.2, 0.25) is 0 Å². The van der Waals surface area contributed by atoms with Gasteiger partial charge in [0.25, 0.3) is 11.7 Å². The van der Waals surface area contributed by atoms with Crippen LogP contribution in [0.15, 0.2) is 72.4 Å². The zero-order valence-electron chi connectivity index (χ0n) is 17.9. The number of rotatable bonds is 4. The molecule has 2 heterocycles. The minimum atomic E-state index is -0.997. The maximum Gasteiger partial charge on any atom is 0.300 e. The van der Waals surface area contributed by atoms with E-state index in [0.29, 0.717) is 17.1 Å². The van der Waals surface area contributed by atoms with E-state index in [2.05, 4.69) is 10.3 Å². The topological polar surface area (TPSA) is 99.6 Å². The molecular formula is C25H20FN3O4. The third-order valence-corrected chi connectivity index (χ3v) is 5.31. The van der Waals surface area contributed by atoms with Crippen molar-refractivity contribution >= 4 is 34.7 Å². The van der Waals surface area contributed by atoms with Gasteiger partial charge in [0.1, 0.15) is 17.6 Å². The van der Waals surface area contributed by atoms with Crippen molar-refractivity contribution in [3.8, 4) is 0 Å². The van der Waals surface area contributed by atoms with Crippen molar-refractivity contribution in [3.63, 3.8) is 0 Å². The molecule has 1 atom stereocenters. The summed E-state index contributed by atoms with van der Waals surface area (Å²) in [6.45, 7) is 2.92. The summed E-state index contributed by atoms with van der Waals surface area (Å²) in [6, 6.07) is 14.4. The molecule has 7 nitrogen and oxygen atoms in total. The number of benzene rings is 2. The van der Waals surface area contributed by atoms with Crippen molar-refractivity contribution < 1.29 is 23.9 Å². The van der Waals surface area contributed by atoms with Crippen LogP contribution in [0, 0.1) is 12.7 Å². The highest BCUT2D eigenvalue weighted by atomic mass is 19.1. The Hall–Kier alpha value is -4.33. The van der Waals surface area contributed by atoms with Crippen LogP contribution in [0.1, 0.15) is 29.8 Å². The average molecular weight is 445 g/mol. The van der Waals surface area contributed by atoms with Gasteiger partial charge in [-0.25, -0.2) is 4.39 Å². The number of halogens is 1. The number of nitrogens with one attached hydrogen (secondary N) is 1. The third-order valence-electron chi connectivity index (χ3n) is 5.31. The van der Waals surface area contributed by atoms with Gasteiger partial charge < -0.3 is 10.4 Å². The molecule has 0 bridgehead atoms. The van der Waals surface area contributed by atoms with Gasteiger partial charge in [0.05, 0.1) is 11.3 Å². The highest BCUT2D eigenvalue weighted by Gasteiger charge is 2.47. The van der Waals surface area contributed by atoms with Crippen LogP contribution in [-0.4, -0.2) is 27.7 Å². The number of hydrogen-bond donors (Lipinski definition) is 2. The molecule has 1 aliphatic heterocycles. The van der Waals surface area contributed by atoms with Crippen LogP contribution in [0.3, 0.4) is 0 Å². The molecule has 4 rings (SSSR count). The normalized spacial score (nSPS) is 17.3. The predicted molar refractivity (Wildman–Crippen MR) is 121 cm³/mol. The van der Waals surface area contributed by atoms with Gasteiger partial charge in [-0.3, -0.25) is 24.3 Å². The van der Waals surface area contributed by atoms with Gasteiger partial charge in [-0.05, 0) is 67.1 Å². The van der Waals surface area contributed by atoms with E-state index in [-0.39, 0.29) is 22.6 Å². The van der Waals surface area contributed by atoms with Gasteiger partial charge in [0, 0.05) is 30.1 Å². The number of nitrogens with zero attached hydrogens (tertiary/aromatic N) is 2. The minimum Gasteiger partial charge on any atom is -0.507 e. The molecule has 33 heavy (non-hydrogen) atoms. The van der Waals surface area contributed by atoms with E-state index >= 15 is 0 Å². The fourth-order valence-corrected chi connectivity index (χ4v) is 3.77. The van der Waals surface area contributed by atoms with Gasteiger partial charge in [-0.1, -0.05) is 6.07 Å². The fourth-order valence-electron chi connectivity index (χ4n) is 3.77. The lowest BCUT2D eigenvalue weighted by Crippen LogP contribution is -2.29. The largest absolute Gasteiger partial charge is 0.507 e. The molecule has 1 fully saturated rings. The maximum absolute atomic E-state index is 13.8. The van der Waals surface area contributed by atoms with Crippen molar-refractivity contribution in [1.29, 1.82) is 0 Å². The van der Waals surface area contributed by atoms with Crippen LogP contribution in [0.4, 0.5) is 15.8 Å². The Labute approximate surface area is 189 Å². The van der Waals surface area contributed by atoms with E-state index < -0.39 is 29.3 Å². The van der Waals surface area contributed by atoms with Gasteiger partial charge >= 0.3 is 0 Å². The molecule has 2 amide bonds. The number of hydrogen-bond acceptors (Lipinski definition) is 5. The van der Waals surface area contributed by atoms with Crippen molar-refractivity contribution in [2.45, 2.75) is 19.9 Å². The summed E-state index contributed by atoms with van der Waals surface area (Å²) in [5.74, 6) is -2.82. The second-order valence-electron chi connectivity index (χ2n) is 7.62. The van der Waals surface area contributed by atoms with Crippen LogP contribution in [0.25, 0.3) is 5.76 Å². The minimum absolute atomic E-state index is 0.143. The summed E-state index contributed by atoms with van der Waals surface area (Å²) in [5, 5.41) is 13.7. The molecule has 0 spiro atoms. The standard InChI is InChI=1S/C25H20FN3O4/c1-14-13-16(6-11-19(14)26)23(31)21-22(20-5-3-4-12-27-20)29(25(33)24(21)32)18-9-7-17(8-10-18)28-15(2)30/h3-13,22,31H,1-2H3,(H,28,30)/b23-21-. The fraction of sp³-hybridized carbons (Fsp3) is 0.120. The van der Waals surface area contributed by atoms with Gasteiger partial charge in [-0.15, -0.1) is 0 Å².